The Balaban J connectivity index is 1.49. The monoisotopic (exact) mass is 456 g/mol. The number of thiophene rings is 1. The predicted octanol–water partition coefficient (Wildman–Crippen LogP) is 5.10. The molecule has 0 aliphatic rings. The number of hydrogen-bond acceptors (Lipinski definition) is 8. The van der Waals surface area contributed by atoms with E-state index in [1.807, 2.05) is 22.9 Å². The van der Waals surface area contributed by atoms with Gasteiger partial charge in [0.15, 0.2) is 5.16 Å². The van der Waals surface area contributed by atoms with E-state index < -0.39 is 0 Å². The van der Waals surface area contributed by atoms with E-state index in [2.05, 4.69) is 15.1 Å². The van der Waals surface area contributed by atoms with Gasteiger partial charge in [-0.1, -0.05) is 28.5 Å². The highest BCUT2D eigenvalue weighted by Crippen LogP contribution is 2.25. The summed E-state index contributed by atoms with van der Waals surface area (Å²) < 4.78 is 12.4. The minimum absolute atomic E-state index is 0.167. The van der Waals surface area contributed by atoms with Gasteiger partial charge in [0.2, 0.25) is 11.7 Å². The zero-order chi connectivity index (χ0) is 20.5. The lowest BCUT2D eigenvalue weighted by molar-refractivity contribution is 0.391. The Morgan fingerprint density at radius 2 is 2.13 bits per heavy atom. The third-order valence-corrected chi connectivity index (χ3v) is 6.23. The quantitative estimate of drug-likeness (QED) is 0.259. The molecule has 7 nitrogen and oxygen atoms in total. The van der Waals surface area contributed by atoms with Crippen molar-refractivity contribution in [1.82, 2.24) is 19.7 Å². The Morgan fingerprint density at radius 3 is 2.93 bits per heavy atom. The predicted molar refractivity (Wildman–Crippen MR) is 116 cm³/mol. The van der Waals surface area contributed by atoms with E-state index >= 15 is 0 Å². The molecule has 0 bridgehead atoms. The van der Waals surface area contributed by atoms with Crippen LogP contribution in [0.15, 0.2) is 72.3 Å². The third kappa shape index (κ3) is 3.79. The van der Waals surface area contributed by atoms with E-state index in [1.54, 1.807) is 46.4 Å². The molecule has 0 aliphatic carbocycles. The van der Waals surface area contributed by atoms with Crippen molar-refractivity contribution >= 4 is 45.6 Å². The van der Waals surface area contributed by atoms with Crippen LogP contribution in [0, 0.1) is 0 Å². The van der Waals surface area contributed by atoms with E-state index in [-0.39, 0.29) is 12.1 Å². The number of aromatic nitrogens is 4. The van der Waals surface area contributed by atoms with Crippen LogP contribution in [0.25, 0.3) is 22.3 Å². The Labute approximate surface area is 183 Å². The molecular formula is C20H13ClN4O3S2. The second kappa shape index (κ2) is 8.10. The number of nitrogens with zero attached hydrogens (tertiary/aromatic N) is 4. The van der Waals surface area contributed by atoms with Crippen molar-refractivity contribution in [1.29, 1.82) is 0 Å². The minimum Gasteiger partial charge on any atom is -0.467 e. The highest BCUT2D eigenvalue weighted by molar-refractivity contribution is 7.98. The fourth-order valence-electron chi connectivity index (χ4n) is 2.93. The molecule has 0 spiro atoms. The molecule has 30 heavy (non-hydrogen) atoms. The number of thioether (sulfide) groups is 1. The van der Waals surface area contributed by atoms with Crippen LogP contribution < -0.4 is 5.56 Å². The van der Waals surface area contributed by atoms with Crippen LogP contribution in [-0.2, 0) is 12.3 Å². The summed E-state index contributed by atoms with van der Waals surface area (Å²) in [4.78, 5) is 22.2. The molecule has 5 rings (SSSR count). The van der Waals surface area contributed by atoms with E-state index in [0.717, 1.165) is 5.56 Å². The lowest BCUT2D eigenvalue weighted by Crippen LogP contribution is -2.23. The lowest BCUT2D eigenvalue weighted by atomic mass is 10.2. The zero-order valence-corrected chi connectivity index (χ0v) is 17.7. The summed E-state index contributed by atoms with van der Waals surface area (Å²) in [5, 5.41) is 9.46. The van der Waals surface area contributed by atoms with Gasteiger partial charge in [-0.25, -0.2) is 4.98 Å². The molecule has 0 aliphatic heterocycles. The van der Waals surface area contributed by atoms with Crippen LogP contribution in [0.5, 0.6) is 0 Å². The fourth-order valence-corrected chi connectivity index (χ4v) is 4.57. The van der Waals surface area contributed by atoms with Gasteiger partial charge in [-0.3, -0.25) is 9.36 Å². The molecule has 4 aromatic heterocycles. The Hall–Kier alpha value is -2.88. The first-order valence-corrected chi connectivity index (χ1v) is 11.2. The molecule has 0 atom stereocenters. The van der Waals surface area contributed by atoms with Crippen molar-refractivity contribution in [3.8, 4) is 11.4 Å². The average Bonchev–Trinajstić information content (AvgIpc) is 3.51. The Kier molecular flexibility index (Phi) is 5.16. The standard InChI is InChI=1S/C20H13ClN4O3S2/c21-13-3-4-15-16(8-13)22-20(25(19(15)26)9-14-2-1-6-27-14)30-11-17-23-18(24-28-17)12-5-7-29-10-12/h1-8,10H,9,11H2. The maximum Gasteiger partial charge on any atom is 0.262 e. The van der Waals surface area contributed by atoms with Gasteiger partial charge in [-0.05, 0) is 41.8 Å². The molecule has 0 fully saturated rings. The first kappa shape index (κ1) is 19.1. The van der Waals surface area contributed by atoms with Crippen LogP contribution in [0.2, 0.25) is 5.02 Å². The summed E-state index contributed by atoms with van der Waals surface area (Å²) in [6, 6.07) is 10.6. The van der Waals surface area contributed by atoms with Gasteiger partial charge in [0, 0.05) is 16.0 Å². The van der Waals surface area contributed by atoms with Gasteiger partial charge in [-0.15, -0.1) is 0 Å². The van der Waals surface area contributed by atoms with Crippen molar-refractivity contribution in [3.63, 3.8) is 0 Å². The first-order chi connectivity index (χ1) is 14.7. The van der Waals surface area contributed by atoms with Crippen LogP contribution in [-0.4, -0.2) is 19.7 Å². The van der Waals surface area contributed by atoms with Gasteiger partial charge in [-0.2, -0.15) is 16.3 Å². The van der Waals surface area contributed by atoms with Gasteiger partial charge in [0.25, 0.3) is 5.56 Å². The lowest BCUT2D eigenvalue weighted by Gasteiger charge is -2.11. The van der Waals surface area contributed by atoms with Gasteiger partial charge >= 0.3 is 0 Å². The number of fused-ring (bicyclic) bond motifs is 1. The van der Waals surface area contributed by atoms with Crippen molar-refractivity contribution < 1.29 is 8.94 Å². The SMILES string of the molecule is O=c1c2ccc(Cl)cc2nc(SCc2nc(-c3ccsc3)no2)n1Cc1ccco1. The number of rotatable bonds is 6. The topological polar surface area (TPSA) is 87.0 Å². The van der Waals surface area contributed by atoms with E-state index in [0.29, 0.717) is 44.3 Å². The largest absolute Gasteiger partial charge is 0.467 e. The number of benzene rings is 1. The molecule has 4 heterocycles. The molecule has 0 radical (unpaired) electrons. The van der Waals surface area contributed by atoms with Crippen LogP contribution in [0.4, 0.5) is 0 Å². The molecule has 0 saturated heterocycles. The molecule has 150 valence electrons. The van der Waals surface area contributed by atoms with E-state index in [9.17, 15) is 4.79 Å². The Morgan fingerprint density at radius 1 is 1.20 bits per heavy atom. The summed E-state index contributed by atoms with van der Waals surface area (Å²) in [7, 11) is 0. The molecule has 0 amide bonds. The molecule has 0 N–H and O–H groups in total. The molecule has 0 saturated carbocycles. The van der Waals surface area contributed by atoms with Crippen LogP contribution in [0.1, 0.15) is 11.7 Å². The Bertz CT molecular complexity index is 1360. The second-order valence-electron chi connectivity index (χ2n) is 6.34. The van der Waals surface area contributed by atoms with Gasteiger partial charge in [0.05, 0.1) is 29.5 Å². The molecule has 0 unspecified atom stereocenters. The van der Waals surface area contributed by atoms with E-state index in [4.69, 9.17) is 20.5 Å². The van der Waals surface area contributed by atoms with Gasteiger partial charge < -0.3 is 8.94 Å². The average molecular weight is 457 g/mol. The van der Waals surface area contributed by atoms with Crippen molar-refractivity contribution in [2.45, 2.75) is 17.5 Å². The van der Waals surface area contributed by atoms with Crippen LogP contribution >= 0.6 is 34.7 Å². The van der Waals surface area contributed by atoms with Crippen molar-refractivity contribution in [2.75, 3.05) is 0 Å². The highest BCUT2D eigenvalue weighted by Gasteiger charge is 2.16. The molecule has 1 aromatic carbocycles. The smallest absolute Gasteiger partial charge is 0.262 e. The summed E-state index contributed by atoms with van der Waals surface area (Å²) in [5.41, 5.74) is 1.28. The number of furan rings is 1. The second-order valence-corrected chi connectivity index (χ2v) is 8.50. The summed E-state index contributed by atoms with van der Waals surface area (Å²) in [6.07, 6.45) is 1.58. The molecule has 5 aromatic rings. The molecular weight excluding hydrogens is 444 g/mol. The highest BCUT2D eigenvalue weighted by atomic mass is 35.5. The van der Waals surface area contributed by atoms with Crippen molar-refractivity contribution in [2.24, 2.45) is 0 Å². The maximum absolute atomic E-state index is 13.1. The number of halogens is 1. The van der Waals surface area contributed by atoms with Crippen LogP contribution in [0.3, 0.4) is 0 Å². The first-order valence-electron chi connectivity index (χ1n) is 8.88. The van der Waals surface area contributed by atoms with Gasteiger partial charge in [0.1, 0.15) is 5.76 Å². The minimum atomic E-state index is -0.167. The summed E-state index contributed by atoms with van der Waals surface area (Å²) in [5.74, 6) is 2.02. The summed E-state index contributed by atoms with van der Waals surface area (Å²) >= 11 is 9.01. The zero-order valence-electron chi connectivity index (χ0n) is 15.3. The maximum atomic E-state index is 13.1. The van der Waals surface area contributed by atoms with E-state index in [1.165, 1.54) is 11.8 Å². The third-order valence-electron chi connectivity index (χ3n) is 4.35. The molecule has 10 heteroatoms. The normalized spacial score (nSPS) is 11.4. The fraction of sp³-hybridized carbons (Fsp3) is 0.100. The summed E-state index contributed by atoms with van der Waals surface area (Å²) in [6.45, 7) is 0.268. The van der Waals surface area contributed by atoms with Crippen molar-refractivity contribution in [3.05, 3.63) is 80.4 Å². The number of hydrogen-bond donors (Lipinski definition) is 0.